The summed E-state index contributed by atoms with van der Waals surface area (Å²) in [4.78, 5) is 32.4. The lowest BCUT2D eigenvalue weighted by Gasteiger charge is -2.28. The minimum atomic E-state index is -5.03. The molecule has 2 aromatic carbocycles. The van der Waals surface area contributed by atoms with E-state index in [0.29, 0.717) is 23.4 Å². The highest BCUT2D eigenvalue weighted by Gasteiger charge is 2.36. The van der Waals surface area contributed by atoms with Crippen LogP contribution in [0, 0.1) is 5.82 Å². The molecule has 1 aliphatic rings. The van der Waals surface area contributed by atoms with Crippen LogP contribution in [0.3, 0.4) is 0 Å². The lowest BCUT2D eigenvalue weighted by molar-refractivity contribution is -0.139. The van der Waals surface area contributed by atoms with Crippen molar-refractivity contribution in [1.82, 2.24) is 9.88 Å². The Morgan fingerprint density at radius 2 is 1.78 bits per heavy atom. The Labute approximate surface area is 238 Å². The van der Waals surface area contributed by atoms with Crippen molar-refractivity contribution >= 4 is 40.7 Å². The Hall–Kier alpha value is -4.06. The molecule has 0 saturated heterocycles. The van der Waals surface area contributed by atoms with E-state index in [1.54, 1.807) is 32.9 Å². The molecule has 2 amide bonds. The van der Waals surface area contributed by atoms with E-state index in [1.807, 2.05) is 0 Å². The zero-order chi connectivity index (χ0) is 30.1. The third-order valence-electron chi connectivity index (χ3n) is 6.07. The van der Waals surface area contributed by atoms with Crippen LogP contribution >= 0.6 is 11.6 Å². The zero-order valence-electron chi connectivity index (χ0n) is 22.6. The number of hydrogen-bond acceptors (Lipinski definition) is 6. The first kappa shape index (κ1) is 29.9. The van der Waals surface area contributed by atoms with E-state index in [2.05, 4.69) is 15.6 Å². The minimum absolute atomic E-state index is 0.0579. The van der Waals surface area contributed by atoms with E-state index in [-0.39, 0.29) is 47.5 Å². The van der Waals surface area contributed by atoms with Gasteiger partial charge in [-0.1, -0.05) is 17.7 Å². The van der Waals surface area contributed by atoms with E-state index in [0.717, 1.165) is 0 Å². The molecule has 0 bridgehead atoms. The SMILES string of the molecule is COc1ccc2c(n1)CCN(C(=O)OC(C)(C)C)Cc1c(Cl)cccc1Nc1cc(C(F)(F)F)c(F)cc1C(=O)N2. The monoisotopic (exact) mass is 594 g/mol. The molecular weight excluding hydrogens is 568 g/mol. The number of halogens is 5. The lowest BCUT2D eigenvalue weighted by Crippen LogP contribution is -2.38. The molecule has 218 valence electrons. The van der Waals surface area contributed by atoms with Gasteiger partial charge in [0.05, 0.1) is 41.9 Å². The molecule has 4 rings (SSSR count). The summed E-state index contributed by atoms with van der Waals surface area (Å²) in [5.74, 6) is -2.28. The van der Waals surface area contributed by atoms with Gasteiger partial charge in [0.2, 0.25) is 5.88 Å². The molecule has 0 radical (unpaired) electrons. The minimum Gasteiger partial charge on any atom is -0.481 e. The van der Waals surface area contributed by atoms with Gasteiger partial charge in [-0.15, -0.1) is 0 Å². The molecule has 3 aromatic rings. The summed E-state index contributed by atoms with van der Waals surface area (Å²) in [7, 11) is 1.40. The van der Waals surface area contributed by atoms with Crippen molar-refractivity contribution in [2.45, 2.75) is 45.5 Å². The molecule has 13 heteroatoms. The van der Waals surface area contributed by atoms with Gasteiger partial charge >= 0.3 is 12.3 Å². The van der Waals surface area contributed by atoms with Crippen LogP contribution in [0.15, 0.2) is 42.5 Å². The van der Waals surface area contributed by atoms with Crippen LogP contribution in [-0.4, -0.2) is 41.1 Å². The van der Waals surface area contributed by atoms with Gasteiger partial charge in [-0.2, -0.15) is 13.2 Å². The van der Waals surface area contributed by atoms with Gasteiger partial charge in [0.25, 0.3) is 5.91 Å². The summed E-state index contributed by atoms with van der Waals surface area (Å²) in [6.07, 6.45) is -5.59. The summed E-state index contributed by atoms with van der Waals surface area (Å²) >= 11 is 6.51. The van der Waals surface area contributed by atoms with Gasteiger partial charge in [-0.3, -0.25) is 4.79 Å². The molecule has 1 aliphatic heterocycles. The fraction of sp³-hybridized carbons (Fsp3) is 0.321. The number of fused-ring (bicyclic) bond motifs is 3. The summed E-state index contributed by atoms with van der Waals surface area (Å²) in [5, 5.41) is 5.61. The maximum atomic E-state index is 14.7. The maximum Gasteiger partial charge on any atom is 0.419 e. The number of benzene rings is 2. The number of ether oxygens (including phenoxy) is 2. The molecule has 41 heavy (non-hydrogen) atoms. The summed E-state index contributed by atoms with van der Waals surface area (Å²) in [6.45, 7) is 5.07. The number of carbonyl (C=O) groups excluding carboxylic acids is 2. The Kier molecular flexibility index (Phi) is 8.34. The third-order valence-corrected chi connectivity index (χ3v) is 6.42. The Bertz CT molecular complexity index is 1490. The molecule has 1 aromatic heterocycles. The number of nitrogens with zero attached hydrogens (tertiary/aromatic N) is 2. The van der Waals surface area contributed by atoms with Crippen molar-refractivity contribution in [3.8, 4) is 5.88 Å². The summed E-state index contributed by atoms with van der Waals surface area (Å²) in [5.41, 5.74) is -2.07. The fourth-order valence-electron chi connectivity index (χ4n) is 4.15. The van der Waals surface area contributed by atoms with Crippen molar-refractivity contribution in [3.63, 3.8) is 0 Å². The van der Waals surface area contributed by atoms with E-state index < -0.39 is 40.7 Å². The maximum absolute atomic E-state index is 14.7. The van der Waals surface area contributed by atoms with E-state index in [1.165, 1.54) is 30.2 Å². The second kappa shape index (κ2) is 11.4. The Morgan fingerprint density at radius 3 is 2.44 bits per heavy atom. The second-order valence-electron chi connectivity index (χ2n) is 10.2. The number of amides is 2. The highest BCUT2D eigenvalue weighted by molar-refractivity contribution is 6.31. The Morgan fingerprint density at radius 1 is 1.05 bits per heavy atom. The molecule has 0 saturated carbocycles. The number of hydrogen-bond donors (Lipinski definition) is 2. The average molecular weight is 595 g/mol. The predicted molar refractivity (Wildman–Crippen MR) is 145 cm³/mol. The van der Waals surface area contributed by atoms with Crippen LogP contribution in [0.1, 0.15) is 48.0 Å². The first-order valence-electron chi connectivity index (χ1n) is 12.4. The smallest absolute Gasteiger partial charge is 0.419 e. The van der Waals surface area contributed by atoms with E-state index >= 15 is 0 Å². The number of methoxy groups -OCH3 is 1. The quantitative estimate of drug-likeness (QED) is 0.290. The van der Waals surface area contributed by atoms with Crippen LogP contribution in [0.2, 0.25) is 5.02 Å². The number of alkyl halides is 3. The first-order chi connectivity index (χ1) is 19.2. The van der Waals surface area contributed by atoms with Crippen molar-refractivity contribution in [3.05, 3.63) is 75.7 Å². The van der Waals surface area contributed by atoms with Crippen LogP contribution in [0.5, 0.6) is 5.88 Å². The predicted octanol–water partition coefficient (Wildman–Crippen LogP) is 7.19. The van der Waals surface area contributed by atoms with Gasteiger partial charge in [0, 0.05) is 35.3 Å². The van der Waals surface area contributed by atoms with Crippen molar-refractivity contribution in [1.29, 1.82) is 0 Å². The van der Waals surface area contributed by atoms with Gasteiger partial charge < -0.3 is 25.0 Å². The molecule has 0 spiro atoms. The van der Waals surface area contributed by atoms with Crippen molar-refractivity contribution in [2.24, 2.45) is 0 Å². The fourth-order valence-corrected chi connectivity index (χ4v) is 4.38. The molecule has 0 atom stereocenters. The third kappa shape index (κ3) is 6.99. The van der Waals surface area contributed by atoms with Crippen molar-refractivity contribution < 1.29 is 36.6 Å². The molecule has 2 N–H and O–H groups in total. The average Bonchev–Trinajstić information content (AvgIpc) is 2.87. The highest BCUT2D eigenvalue weighted by Crippen LogP contribution is 2.37. The van der Waals surface area contributed by atoms with E-state index in [4.69, 9.17) is 21.1 Å². The van der Waals surface area contributed by atoms with Gasteiger partial charge in [0.1, 0.15) is 11.4 Å². The van der Waals surface area contributed by atoms with Crippen LogP contribution in [-0.2, 0) is 23.9 Å². The Balaban J connectivity index is 1.93. The number of nitrogens with one attached hydrogen (secondary N) is 2. The second-order valence-corrected chi connectivity index (χ2v) is 10.6. The van der Waals surface area contributed by atoms with Gasteiger partial charge in [-0.25, -0.2) is 14.2 Å². The van der Waals surface area contributed by atoms with Crippen LogP contribution in [0.25, 0.3) is 0 Å². The van der Waals surface area contributed by atoms with Gasteiger partial charge in [0.15, 0.2) is 0 Å². The topological polar surface area (TPSA) is 92.8 Å². The first-order valence-corrected chi connectivity index (χ1v) is 12.8. The largest absolute Gasteiger partial charge is 0.481 e. The molecule has 8 nitrogen and oxygen atoms in total. The normalized spacial score (nSPS) is 14.2. The zero-order valence-corrected chi connectivity index (χ0v) is 23.3. The molecule has 0 aliphatic carbocycles. The lowest BCUT2D eigenvalue weighted by atomic mass is 10.0. The number of carbonyl (C=O) groups is 2. The number of pyridine rings is 1. The van der Waals surface area contributed by atoms with Crippen LogP contribution in [0.4, 0.5) is 39.4 Å². The van der Waals surface area contributed by atoms with Gasteiger partial charge in [-0.05, 0) is 51.1 Å². The number of anilines is 3. The molecule has 2 heterocycles. The van der Waals surface area contributed by atoms with Crippen LogP contribution < -0.4 is 15.4 Å². The number of aromatic nitrogens is 1. The number of rotatable bonds is 1. The molecule has 0 unspecified atom stereocenters. The summed E-state index contributed by atoms with van der Waals surface area (Å²) in [6, 6.07) is 8.63. The standard InChI is InChI=1S/C28H27ClF4N4O4/c1-27(2,3)41-26(39)37-11-10-22-21(8-9-24(35-22)40-4)36-25(38)15-12-19(30)17(28(31,32)33)13-23(15)34-20-7-5-6-18(29)16(20)14-37/h5-9,12-13,34H,10-11,14H2,1-4H3,(H,36,38). The summed E-state index contributed by atoms with van der Waals surface area (Å²) < 4.78 is 66.4. The van der Waals surface area contributed by atoms with Crippen molar-refractivity contribution in [2.75, 3.05) is 24.3 Å². The molecular formula is C28H27ClF4N4O4. The molecule has 0 fully saturated rings. The van der Waals surface area contributed by atoms with E-state index in [9.17, 15) is 27.2 Å². The highest BCUT2D eigenvalue weighted by atomic mass is 35.5.